The third-order valence-corrected chi connectivity index (χ3v) is 1.20. The lowest BCUT2D eigenvalue weighted by molar-refractivity contribution is 0.104. The maximum absolute atomic E-state index is 4.88. The molecule has 0 aliphatic carbocycles. The molecule has 2 heteroatoms. The fourth-order valence-corrected chi connectivity index (χ4v) is 0.652. The maximum atomic E-state index is 4.88. The zero-order valence-corrected chi connectivity index (χ0v) is 5.27. The molecule has 0 radical (unpaired) electrons. The van der Waals surface area contributed by atoms with E-state index in [0.717, 1.165) is 0 Å². The molecule has 46 valence electrons. The first kappa shape index (κ1) is 5.63. The number of rotatable bonds is 1. The van der Waals surface area contributed by atoms with Crippen molar-refractivity contribution in [1.29, 1.82) is 0 Å². The summed E-state index contributed by atoms with van der Waals surface area (Å²) in [5.74, 6) is 0.567. The predicted octanol–water partition coefficient (Wildman–Crippen LogP) is 1.06. The van der Waals surface area contributed by atoms with Gasteiger partial charge in [-0.3, -0.25) is 10.3 Å². The van der Waals surface area contributed by atoms with Gasteiger partial charge in [0.05, 0.1) is 6.61 Å². The van der Waals surface area contributed by atoms with Gasteiger partial charge in [-0.15, -0.1) is 0 Å². The molecule has 0 aromatic rings. The number of hydrogen-bond donors (Lipinski definition) is 1. The molecule has 8 heavy (non-hydrogen) atoms. The van der Waals surface area contributed by atoms with Crippen LogP contribution < -0.4 is 5.48 Å². The van der Waals surface area contributed by atoms with Gasteiger partial charge in [-0.2, -0.15) is 0 Å². The van der Waals surface area contributed by atoms with Crippen LogP contribution in [0.15, 0.2) is 11.8 Å². The summed E-state index contributed by atoms with van der Waals surface area (Å²) in [5, 5.41) is 0. The lowest BCUT2D eigenvalue weighted by Gasteiger charge is -2.04. The Hall–Kier alpha value is -0.500. The molecule has 0 fully saturated rings. The molecule has 0 bridgehead atoms. The second kappa shape index (κ2) is 2.18. The number of hydroxylamine groups is 1. The third-order valence-electron chi connectivity index (χ3n) is 1.20. The number of nitrogens with one attached hydrogen (secondary N) is 1. The highest BCUT2D eigenvalue weighted by Gasteiger charge is 2.05. The van der Waals surface area contributed by atoms with E-state index in [0.29, 0.717) is 12.5 Å². The lowest BCUT2D eigenvalue weighted by atomic mass is 10.1. The Morgan fingerprint density at radius 1 is 1.75 bits per heavy atom. The Kier molecular flexibility index (Phi) is 1.53. The van der Waals surface area contributed by atoms with Crippen molar-refractivity contribution in [2.75, 3.05) is 6.61 Å². The molecule has 1 aliphatic rings. The van der Waals surface area contributed by atoms with E-state index in [1.165, 1.54) is 5.70 Å². The van der Waals surface area contributed by atoms with Crippen LogP contribution in [0.3, 0.4) is 0 Å². The topological polar surface area (TPSA) is 21.3 Å². The van der Waals surface area contributed by atoms with E-state index in [1.54, 1.807) is 0 Å². The highest BCUT2D eigenvalue weighted by atomic mass is 16.6. The van der Waals surface area contributed by atoms with Crippen molar-refractivity contribution < 1.29 is 4.84 Å². The molecule has 0 saturated heterocycles. The quantitative estimate of drug-likeness (QED) is 0.549. The van der Waals surface area contributed by atoms with Gasteiger partial charge in [-0.05, 0) is 12.0 Å². The molecule has 0 aromatic heterocycles. The van der Waals surface area contributed by atoms with E-state index < -0.39 is 0 Å². The average molecular weight is 113 g/mol. The van der Waals surface area contributed by atoms with Gasteiger partial charge in [0, 0.05) is 5.70 Å². The Bertz CT molecular complexity index is 107. The molecule has 0 unspecified atom stereocenters. The molecule has 0 spiro atoms. The summed E-state index contributed by atoms with van der Waals surface area (Å²) in [7, 11) is 0. The number of hydrogen-bond acceptors (Lipinski definition) is 2. The maximum Gasteiger partial charge on any atom is 0.0947 e. The third kappa shape index (κ3) is 1.01. The van der Waals surface area contributed by atoms with Crippen LogP contribution in [0.25, 0.3) is 0 Å². The first-order valence-electron chi connectivity index (χ1n) is 2.88. The SMILES string of the molecule is CC(C)C1=CCON1. The van der Waals surface area contributed by atoms with Crippen LogP contribution in [0.2, 0.25) is 0 Å². The van der Waals surface area contributed by atoms with Crippen molar-refractivity contribution in [3.8, 4) is 0 Å². The molecule has 0 atom stereocenters. The van der Waals surface area contributed by atoms with Gasteiger partial charge in [0.15, 0.2) is 0 Å². The smallest absolute Gasteiger partial charge is 0.0947 e. The fourth-order valence-electron chi connectivity index (χ4n) is 0.652. The van der Waals surface area contributed by atoms with Crippen LogP contribution in [-0.2, 0) is 4.84 Å². The average Bonchev–Trinajstić information content (AvgIpc) is 2.12. The summed E-state index contributed by atoms with van der Waals surface area (Å²) in [6.07, 6.45) is 2.06. The molecule has 1 heterocycles. The standard InChI is InChI=1S/C6H11NO/c1-5(2)6-3-4-8-7-6/h3,5,7H,4H2,1-2H3. The second-order valence-electron chi connectivity index (χ2n) is 2.23. The molecular formula is C6H11NO. The van der Waals surface area contributed by atoms with Crippen LogP contribution in [0.5, 0.6) is 0 Å². The second-order valence-corrected chi connectivity index (χ2v) is 2.23. The zero-order chi connectivity index (χ0) is 5.98. The van der Waals surface area contributed by atoms with Crippen LogP contribution in [0.4, 0.5) is 0 Å². The molecule has 1 N–H and O–H groups in total. The van der Waals surface area contributed by atoms with Crippen molar-refractivity contribution in [3.63, 3.8) is 0 Å². The first-order valence-corrected chi connectivity index (χ1v) is 2.88. The summed E-state index contributed by atoms with van der Waals surface area (Å²) < 4.78 is 0. The highest BCUT2D eigenvalue weighted by Crippen LogP contribution is 2.08. The summed E-state index contributed by atoms with van der Waals surface area (Å²) in [6, 6.07) is 0. The predicted molar refractivity (Wildman–Crippen MR) is 32.0 cm³/mol. The van der Waals surface area contributed by atoms with E-state index in [4.69, 9.17) is 4.84 Å². The molecule has 1 rings (SSSR count). The normalized spacial score (nSPS) is 18.6. The van der Waals surface area contributed by atoms with Gasteiger partial charge in [0.2, 0.25) is 0 Å². The molecule has 1 aliphatic heterocycles. The minimum Gasteiger partial charge on any atom is -0.272 e. The van der Waals surface area contributed by atoms with E-state index in [1.807, 2.05) is 0 Å². The van der Waals surface area contributed by atoms with Crippen LogP contribution in [0.1, 0.15) is 13.8 Å². The van der Waals surface area contributed by atoms with Gasteiger partial charge in [-0.25, -0.2) is 0 Å². The largest absolute Gasteiger partial charge is 0.272 e. The summed E-state index contributed by atoms with van der Waals surface area (Å²) in [5.41, 5.74) is 4.02. The first-order chi connectivity index (χ1) is 3.80. The van der Waals surface area contributed by atoms with Crippen LogP contribution >= 0.6 is 0 Å². The van der Waals surface area contributed by atoms with E-state index in [-0.39, 0.29) is 0 Å². The molecule has 2 nitrogen and oxygen atoms in total. The zero-order valence-electron chi connectivity index (χ0n) is 5.27. The lowest BCUT2D eigenvalue weighted by Crippen LogP contribution is -2.10. The highest BCUT2D eigenvalue weighted by molar-refractivity contribution is 5.03. The summed E-state index contributed by atoms with van der Waals surface area (Å²) in [6.45, 7) is 4.98. The van der Waals surface area contributed by atoms with E-state index in [9.17, 15) is 0 Å². The van der Waals surface area contributed by atoms with Crippen LogP contribution in [0, 0.1) is 5.92 Å². The van der Waals surface area contributed by atoms with Crippen molar-refractivity contribution in [3.05, 3.63) is 11.8 Å². The molecular weight excluding hydrogens is 102 g/mol. The summed E-state index contributed by atoms with van der Waals surface area (Å²) >= 11 is 0. The Morgan fingerprint density at radius 3 is 2.75 bits per heavy atom. The number of allylic oxidation sites excluding steroid dienone is 1. The summed E-state index contributed by atoms with van der Waals surface area (Å²) in [4.78, 5) is 4.88. The monoisotopic (exact) mass is 113 g/mol. The fraction of sp³-hybridized carbons (Fsp3) is 0.667. The van der Waals surface area contributed by atoms with Gasteiger partial charge < -0.3 is 0 Å². The van der Waals surface area contributed by atoms with Gasteiger partial charge in [0.25, 0.3) is 0 Å². The van der Waals surface area contributed by atoms with Crippen molar-refractivity contribution in [2.45, 2.75) is 13.8 Å². The molecule has 0 amide bonds. The molecule has 0 saturated carbocycles. The van der Waals surface area contributed by atoms with E-state index >= 15 is 0 Å². The van der Waals surface area contributed by atoms with Gasteiger partial charge in [-0.1, -0.05) is 13.8 Å². The Labute approximate surface area is 49.5 Å². The van der Waals surface area contributed by atoms with Gasteiger partial charge >= 0.3 is 0 Å². The Balaban J connectivity index is 2.45. The Morgan fingerprint density at radius 2 is 2.50 bits per heavy atom. The minimum absolute atomic E-state index is 0.567. The van der Waals surface area contributed by atoms with E-state index in [2.05, 4.69) is 25.4 Å². The van der Waals surface area contributed by atoms with Crippen molar-refractivity contribution in [2.24, 2.45) is 5.92 Å². The van der Waals surface area contributed by atoms with Crippen molar-refractivity contribution in [1.82, 2.24) is 5.48 Å². The van der Waals surface area contributed by atoms with Crippen LogP contribution in [-0.4, -0.2) is 6.61 Å². The minimum atomic E-state index is 0.567. The van der Waals surface area contributed by atoms with Crippen molar-refractivity contribution >= 4 is 0 Å². The van der Waals surface area contributed by atoms with Gasteiger partial charge in [0.1, 0.15) is 0 Å². The molecule has 0 aromatic carbocycles.